The SMILES string of the molecule is CCOC(=O)c1c(C(F)F)cc(=O)[nH]c1F. The van der Waals surface area contributed by atoms with Crippen LogP contribution >= 0.6 is 0 Å². The number of carbonyl (C=O) groups excluding carboxylic acids is 1. The maximum atomic E-state index is 13.2. The predicted molar refractivity (Wildman–Crippen MR) is 47.9 cm³/mol. The number of rotatable bonds is 3. The quantitative estimate of drug-likeness (QED) is 0.639. The minimum absolute atomic E-state index is 0.0833. The van der Waals surface area contributed by atoms with Crippen LogP contribution in [0.4, 0.5) is 13.2 Å². The van der Waals surface area contributed by atoms with Gasteiger partial charge < -0.3 is 4.74 Å². The Hall–Kier alpha value is -1.79. The monoisotopic (exact) mass is 235 g/mol. The molecule has 1 heterocycles. The van der Waals surface area contributed by atoms with Crippen LogP contribution in [0.2, 0.25) is 0 Å². The van der Waals surface area contributed by atoms with Gasteiger partial charge in [0.15, 0.2) is 0 Å². The van der Waals surface area contributed by atoms with E-state index in [2.05, 4.69) is 4.74 Å². The summed E-state index contributed by atoms with van der Waals surface area (Å²) in [5, 5.41) is 0. The Morgan fingerprint density at radius 2 is 2.19 bits per heavy atom. The van der Waals surface area contributed by atoms with E-state index >= 15 is 0 Å². The number of aromatic nitrogens is 1. The molecule has 0 aliphatic carbocycles. The van der Waals surface area contributed by atoms with Gasteiger partial charge in [0.25, 0.3) is 12.0 Å². The van der Waals surface area contributed by atoms with Gasteiger partial charge in [-0.15, -0.1) is 0 Å². The molecule has 0 spiro atoms. The lowest BCUT2D eigenvalue weighted by atomic mass is 10.1. The first-order chi connectivity index (χ1) is 7.47. The van der Waals surface area contributed by atoms with Crippen molar-refractivity contribution in [2.45, 2.75) is 13.3 Å². The first-order valence-electron chi connectivity index (χ1n) is 4.35. The number of aromatic amines is 1. The Bertz CT molecular complexity index is 456. The molecule has 0 aromatic carbocycles. The van der Waals surface area contributed by atoms with Gasteiger partial charge in [0.2, 0.25) is 5.95 Å². The van der Waals surface area contributed by atoms with E-state index in [0.717, 1.165) is 0 Å². The second kappa shape index (κ2) is 4.82. The van der Waals surface area contributed by atoms with Gasteiger partial charge >= 0.3 is 5.97 Å². The molecule has 0 saturated carbocycles. The molecule has 0 aliphatic heterocycles. The summed E-state index contributed by atoms with van der Waals surface area (Å²) in [6, 6.07) is 0.472. The lowest BCUT2D eigenvalue weighted by Gasteiger charge is -2.08. The number of carbonyl (C=O) groups is 1. The summed E-state index contributed by atoms with van der Waals surface area (Å²) < 4.78 is 42.5. The molecule has 1 rings (SSSR count). The molecular formula is C9H8F3NO3. The fourth-order valence-corrected chi connectivity index (χ4v) is 1.13. The molecule has 0 saturated heterocycles. The number of pyridine rings is 1. The van der Waals surface area contributed by atoms with E-state index in [1.165, 1.54) is 6.92 Å². The van der Waals surface area contributed by atoms with Crippen molar-refractivity contribution >= 4 is 5.97 Å². The summed E-state index contributed by atoms with van der Waals surface area (Å²) in [5.41, 5.74) is -2.95. The van der Waals surface area contributed by atoms with Crippen molar-refractivity contribution in [2.24, 2.45) is 0 Å². The van der Waals surface area contributed by atoms with Crippen LogP contribution in [0.1, 0.15) is 29.3 Å². The van der Waals surface area contributed by atoms with Crippen molar-refractivity contribution in [3.63, 3.8) is 0 Å². The molecule has 0 aliphatic rings. The van der Waals surface area contributed by atoms with Crippen molar-refractivity contribution in [1.82, 2.24) is 4.98 Å². The Morgan fingerprint density at radius 1 is 1.56 bits per heavy atom. The number of hydrogen-bond donors (Lipinski definition) is 1. The molecule has 0 unspecified atom stereocenters. The van der Waals surface area contributed by atoms with Crippen LogP contribution in [0.25, 0.3) is 0 Å². The van der Waals surface area contributed by atoms with Crippen LogP contribution in [-0.4, -0.2) is 17.6 Å². The minimum atomic E-state index is -3.13. The maximum absolute atomic E-state index is 13.2. The number of halogens is 3. The number of nitrogens with one attached hydrogen (secondary N) is 1. The first kappa shape index (κ1) is 12.3. The van der Waals surface area contributed by atoms with E-state index in [0.29, 0.717) is 6.07 Å². The minimum Gasteiger partial charge on any atom is -0.462 e. The Balaban J connectivity index is 3.35. The van der Waals surface area contributed by atoms with E-state index in [1.807, 2.05) is 0 Å². The van der Waals surface area contributed by atoms with Crippen LogP contribution in [0.3, 0.4) is 0 Å². The summed E-state index contributed by atoms with van der Waals surface area (Å²) in [6.07, 6.45) is -3.13. The van der Waals surface area contributed by atoms with Crippen molar-refractivity contribution in [2.75, 3.05) is 6.61 Å². The lowest BCUT2D eigenvalue weighted by Crippen LogP contribution is -2.18. The van der Waals surface area contributed by atoms with Crippen LogP contribution in [0.5, 0.6) is 0 Å². The molecule has 0 atom stereocenters. The number of hydrogen-bond acceptors (Lipinski definition) is 3. The summed E-state index contributed by atoms with van der Waals surface area (Å²) in [4.78, 5) is 23.6. The zero-order chi connectivity index (χ0) is 12.3. The molecule has 0 amide bonds. The molecule has 7 heteroatoms. The van der Waals surface area contributed by atoms with Gasteiger partial charge in [-0.05, 0) is 6.92 Å². The topological polar surface area (TPSA) is 59.2 Å². The zero-order valence-electron chi connectivity index (χ0n) is 8.22. The van der Waals surface area contributed by atoms with Gasteiger partial charge in [0, 0.05) is 11.6 Å². The second-order valence-electron chi connectivity index (χ2n) is 2.80. The number of alkyl halides is 2. The van der Waals surface area contributed by atoms with E-state index in [9.17, 15) is 22.8 Å². The Morgan fingerprint density at radius 3 is 2.69 bits per heavy atom. The van der Waals surface area contributed by atoms with Crippen molar-refractivity contribution in [3.05, 3.63) is 33.5 Å². The van der Waals surface area contributed by atoms with Gasteiger partial charge in [0.05, 0.1) is 6.61 Å². The molecule has 16 heavy (non-hydrogen) atoms. The molecule has 0 bridgehead atoms. The standard InChI is InChI=1S/C9H8F3NO3/c1-2-16-9(15)6-4(7(10)11)3-5(14)13-8(6)12/h3,7H,2H2,1H3,(H,13,14). The second-order valence-corrected chi connectivity index (χ2v) is 2.80. The molecule has 1 N–H and O–H groups in total. The molecule has 88 valence electrons. The number of H-pyrrole nitrogens is 1. The van der Waals surface area contributed by atoms with Gasteiger partial charge in [-0.2, -0.15) is 4.39 Å². The molecule has 1 aromatic rings. The van der Waals surface area contributed by atoms with Gasteiger partial charge in [0.1, 0.15) is 5.56 Å². The fraction of sp³-hybridized carbons (Fsp3) is 0.333. The Kier molecular flexibility index (Phi) is 3.70. The van der Waals surface area contributed by atoms with Crippen LogP contribution in [0, 0.1) is 5.95 Å². The average Bonchev–Trinajstić information content (AvgIpc) is 2.16. The number of esters is 1. The normalized spacial score (nSPS) is 10.6. The fourth-order valence-electron chi connectivity index (χ4n) is 1.13. The van der Waals surface area contributed by atoms with Gasteiger partial charge in [-0.1, -0.05) is 0 Å². The maximum Gasteiger partial charge on any atom is 0.343 e. The van der Waals surface area contributed by atoms with Crippen LogP contribution in [0.15, 0.2) is 10.9 Å². The summed E-state index contributed by atoms with van der Waals surface area (Å²) >= 11 is 0. The van der Waals surface area contributed by atoms with E-state index < -0.39 is 35.0 Å². The van der Waals surface area contributed by atoms with Crippen molar-refractivity contribution < 1.29 is 22.7 Å². The predicted octanol–water partition coefficient (Wildman–Crippen LogP) is 1.63. The highest BCUT2D eigenvalue weighted by Gasteiger charge is 2.24. The lowest BCUT2D eigenvalue weighted by molar-refractivity contribution is 0.0507. The highest BCUT2D eigenvalue weighted by molar-refractivity contribution is 5.91. The number of ether oxygens (including phenoxy) is 1. The van der Waals surface area contributed by atoms with Crippen molar-refractivity contribution in [3.8, 4) is 0 Å². The summed E-state index contributed by atoms with van der Waals surface area (Å²) in [7, 11) is 0. The average molecular weight is 235 g/mol. The Labute approximate surface area is 88.0 Å². The smallest absolute Gasteiger partial charge is 0.343 e. The third-order valence-electron chi connectivity index (χ3n) is 1.74. The molecule has 1 aromatic heterocycles. The van der Waals surface area contributed by atoms with Crippen LogP contribution in [-0.2, 0) is 4.74 Å². The van der Waals surface area contributed by atoms with E-state index in [4.69, 9.17) is 0 Å². The zero-order valence-corrected chi connectivity index (χ0v) is 8.22. The molecule has 0 radical (unpaired) electrons. The molecule has 0 fully saturated rings. The molecular weight excluding hydrogens is 227 g/mol. The summed E-state index contributed by atoms with van der Waals surface area (Å²) in [6.45, 7) is 1.36. The van der Waals surface area contributed by atoms with E-state index in [-0.39, 0.29) is 6.61 Å². The van der Waals surface area contributed by atoms with Gasteiger partial charge in [-0.25, -0.2) is 13.6 Å². The highest BCUT2D eigenvalue weighted by atomic mass is 19.3. The first-order valence-corrected chi connectivity index (χ1v) is 4.35. The van der Waals surface area contributed by atoms with Crippen LogP contribution < -0.4 is 5.56 Å². The third kappa shape index (κ3) is 2.41. The largest absolute Gasteiger partial charge is 0.462 e. The summed E-state index contributed by atoms with van der Waals surface area (Å²) in [5.74, 6) is -2.65. The van der Waals surface area contributed by atoms with Crippen molar-refractivity contribution in [1.29, 1.82) is 0 Å². The van der Waals surface area contributed by atoms with E-state index in [1.54, 1.807) is 4.98 Å². The van der Waals surface area contributed by atoms with Gasteiger partial charge in [-0.3, -0.25) is 9.78 Å². The molecule has 4 nitrogen and oxygen atoms in total. The third-order valence-corrected chi connectivity index (χ3v) is 1.74. The highest BCUT2D eigenvalue weighted by Crippen LogP contribution is 2.23.